The van der Waals surface area contributed by atoms with Gasteiger partial charge in [-0.15, -0.1) is 0 Å². The summed E-state index contributed by atoms with van der Waals surface area (Å²) < 4.78 is 5.28. The van der Waals surface area contributed by atoms with Crippen LogP contribution >= 0.6 is 0 Å². The highest BCUT2D eigenvalue weighted by atomic mass is 16.5. The zero-order valence-corrected chi connectivity index (χ0v) is 8.79. The predicted octanol–water partition coefficient (Wildman–Crippen LogP) is 1.49. The summed E-state index contributed by atoms with van der Waals surface area (Å²) >= 11 is 0. The van der Waals surface area contributed by atoms with Crippen molar-refractivity contribution in [3.63, 3.8) is 0 Å². The zero-order chi connectivity index (χ0) is 10.4. The Bertz CT molecular complexity index is 197. The van der Waals surface area contributed by atoms with Gasteiger partial charge in [0.05, 0.1) is 0 Å². The maximum absolute atomic E-state index is 11.0. The monoisotopic (exact) mass is 197 g/mol. The molecule has 1 N–H and O–H groups in total. The Labute approximate surface area is 85.5 Å². The molecule has 80 valence electrons. The van der Waals surface area contributed by atoms with E-state index in [1.54, 1.807) is 0 Å². The molecule has 1 atom stereocenters. The molecule has 0 spiro atoms. The van der Waals surface area contributed by atoms with Crippen LogP contribution in [0, 0.1) is 5.92 Å². The molecule has 1 heterocycles. The Hall–Kier alpha value is -0.830. The van der Waals surface area contributed by atoms with Gasteiger partial charge in [-0.05, 0) is 38.2 Å². The van der Waals surface area contributed by atoms with E-state index in [0.717, 1.165) is 32.5 Å². The lowest BCUT2D eigenvalue weighted by Gasteiger charge is -2.25. The van der Waals surface area contributed by atoms with E-state index in [2.05, 4.69) is 11.9 Å². The minimum absolute atomic E-state index is 0.0791. The minimum Gasteiger partial charge on any atom is -0.381 e. The fraction of sp³-hybridized carbons (Fsp3) is 0.727. The summed E-state index contributed by atoms with van der Waals surface area (Å²) in [5.74, 6) is 0.619. The summed E-state index contributed by atoms with van der Waals surface area (Å²) in [4.78, 5) is 11.0. The van der Waals surface area contributed by atoms with Crippen molar-refractivity contribution in [1.29, 1.82) is 0 Å². The van der Waals surface area contributed by atoms with Crippen LogP contribution in [-0.4, -0.2) is 25.2 Å². The molecule has 0 aromatic rings. The van der Waals surface area contributed by atoms with Gasteiger partial charge < -0.3 is 10.1 Å². The zero-order valence-electron chi connectivity index (χ0n) is 8.79. The molecule has 0 radical (unpaired) electrons. The molecule has 0 aromatic heterocycles. The molecule has 0 aromatic carbocycles. The first-order valence-corrected chi connectivity index (χ1v) is 5.23. The van der Waals surface area contributed by atoms with E-state index in [9.17, 15) is 4.79 Å². The number of nitrogens with one attached hydrogen (secondary N) is 1. The Morgan fingerprint density at radius 2 is 2.29 bits per heavy atom. The van der Waals surface area contributed by atoms with Crippen LogP contribution in [0.3, 0.4) is 0 Å². The molecule has 0 saturated carbocycles. The van der Waals surface area contributed by atoms with Crippen LogP contribution in [0.1, 0.15) is 26.2 Å². The van der Waals surface area contributed by atoms with Crippen LogP contribution in [-0.2, 0) is 9.53 Å². The van der Waals surface area contributed by atoms with E-state index in [0.29, 0.717) is 5.92 Å². The standard InChI is InChI=1S/C11H19NO2/c1-3-11(13)12-9(2)8-10-4-6-14-7-5-10/h3,9-10H,1,4-8H2,2H3,(H,12,13). The maximum Gasteiger partial charge on any atom is 0.243 e. The lowest BCUT2D eigenvalue weighted by Crippen LogP contribution is -2.33. The van der Waals surface area contributed by atoms with E-state index in [-0.39, 0.29) is 11.9 Å². The van der Waals surface area contributed by atoms with E-state index >= 15 is 0 Å². The molecule has 1 aliphatic rings. The number of hydrogen-bond donors (Lipinski definition) is 1. The van der Waals surface area contributed by atoms with Gasteiger partial charge in [0.25, 0.3) is 0 Å². The quantitative estimate of drug-likeness (QED) is 0.693. The van der Waals surface area contributed by atoms with Gasteiger partial charge in [-0.3, -0.25) is 4.79 Å². The number of rotatable bonds is 4. The van der Waals surface area contributed by atoms with Gasteiger partial charge in [0.1, 0.15) is 0 Å². The summed E-state index contributed by atoms with van der Waals surface area (Å²) in [6, 6.07) is 0.239. The van der Waals surface area contributed by atoms with Gasteiger partial charge in [-0.25, -0.2) is 0 Å². The van der Waals surface area contributed by atoms with Crippen molar-refractivity contribution in [3.05, 3.63) is 12.7 Å². The molecule has 1 saturated heterocycles. The first kappa shape index (κ1) is 11.2. The van der Waals surface area contributed by atoms with Crippen LogP contribution in [0.15, 0.2) is 12.7 Å². The van der Waals surface area contributed by atoms with E-state index < -0.39 is 0 Å². The van der Waals surface area contributed by atoms with E-state index in [1.807, 2.05) is 6.92 Å². The van der Waals surface area contributed by atoms with Gasteiger partial charge in [-0.1, -0.05) is 6.58 Å². The molecular weight excluding hydrogens is 178 g/mol. The Morgan fingerprint density at radius 3 is 2.86 bits per heavy atom. The van der Waals surface area contributed by atoms with Gasteiger partial charge in [0.15, 0.2) is 0 Å². The fourth-order valence-electron chi connectivity index (χ4n) is 1.84. The molecule has 3 heteroatoms. The van der Waals surface area contributed by atoms with Gasteiger partial charge >= 0.3 is 0 Å². The second-order valence-electron chi connectivity index (χ2n) is 3.91. The molecular formula is C11H19NO2. The van der Waals surface area contributed by atoms with Crippen LogP contribution in [0.5, 0.6) is 0 Å². The predicted molar refractivity (Wildman–Crippen MR) is 56.0 cm³/mol. The number of carbonyl (C=O) groups is 1. The van der Waals surface area contributed by atoms with Crippen LogP contribution in [0.4, 0.5) is 0 Å². The summed E-state index contributed by atoms with van der Waals surface area (Å²) in [6.07, 6.45) is 4.60. The highest BCUT2D eigenvalue weighted by Gasteiger charge is 2.17. The number of amides is 1. The van der Waals surface area contributed by atoms with Crippen molar-refractivity contribution in [2.75, 3.05) is 13.2 Å². The molecule has 3 nitrogen and oxygen atoms in total. The number of hydrogen-bond acceptors (Lipinski definition) is 2. The van der Waals surface area contributed by atoms with Crippen LogP contribution in [0.2, 0.25) is 0 Å². The van der Waals surface area contributed by atoms with Crippen molar-refractivity contribution in [1.82, 2.24) is 5.32 Å². The highest BCUT2D eigenvalue weighted by molar-refractivity contribution is 5.87. The second kappa shape index (κ2) is 5.81. The normalized spacial score (nSPS) is 20.1. The molecule has 0 bridgehead atoms. The minimum atomic E-state index is -0.0791. The third-order valence-corrected chi connectivity index (χ3v) is 2.60. The molecule has 14 heavy (non-hydrogen) atoms. The first-order valence-electron chi connectivity index (χ1n) is 5.23. The lowest BCUT2D eigenvalue weighted by atomic mass is 9.93. The molecule has 0 aliphatic carbocycles. The van der Waals surface area contributed by atoms with Crippen molar-refractivity contribution in [2.45, 2.75) is 32.2 Å². The largest absolute Gasteiger partial charge is 0.381 e. The fourth-order valence-corrected chi connectivity index (χ4v) is 1.84. The van der Waals surface area contributed by atoms with Crippen LogP contribution < -0.4 is 5.32 Å². The van der Waals surface area contributed by atoms with Gasteiger partial charge in [-0.2, -0.15) is 0 Å². The van der Waals surface area contributed by atoms with Crippen LogP contribution in [0.25, 0.3) is 0 Å². The summed E-state index contributed by atoms with van der Waals surface area (Å²) in [5.41, 5.74) is 0. The molecule has 1 aliphatic heterocycles. The maximum atomic E-state index is 11.0. The van der Waals surface area contributed by atoms with Crippen molar-refractivity contribution in [3.8, 4) is 0 Å². The van der Waals surface area contributed by atoms with Crippen molar-refractivity contribution in [2.24, 2.45) is 5.92 Å². The molecule has 1 amide bonds. The summed E-state index contributed by atoms with van der Waals surface area (Å²) in [6.45, 7) is 7.20. The second-order valence-corrected chi connectivity index (χ2v) is 3.91. The summed E-state index contributed by atoms with van der Waals surface area (Å²) in [7, 11) is 0. The third kappa shape index (κ3) is 3.92. The highest BCUT2D eigenvalue weighted by Crippen LogP contribution is 2.19. The lowest BCUT2D eigenvalue weighted by molar-refractivity contribution is -0.117. The molecule has 1 unspecified atom stereocenters. The topological polar surface area (TPSA) is 38.3 Å². The molecule has 1 rings (SSSR count). The Kier molecular flexibility index (Phi) is 4.66. The van der Waals surface area contributed by atoms with E-state index in [1.165, 1.54) is 6.08 Å². The number of ether oxygens (including phenoxy) is 1. The van der Waals surface area contributed by atoms with Crippen molar-refractivity contribution >= 4 is 5.91 Å². The summed E-state index contributed by atoms with van der Waals surface area (Å²) in [5, 5.41) is 2.88. The smallest absolute Gasteiger partial charge is 0.243 e. The van der Waals surface area contributed by atoms with E-state index in [4.69, 9.17) is 4.74 Å². The molecule has 1 fully saturated rings. The van der Waals surface area contributed by atoms with Gasteiger partial charge in [0, 0.05) is 19.3 Å². The Morgan fingerprint density at radius 1 is 1.64 bits per heavy atom. The Balaban J connectivity index is 2.21. The van der Waals surface area contributed by atoms with Crippen molar-refractivity contribution < 1.29 is 9.53 Å². The third-order valence-electron chi connectivity index (χ3n) is 2.60. The number of carbonyl (C=O) groups excluding carboxylic acids is 1. The van der Waals surface area contributed by atoms with Gasteiger partial charge in [0.2, 0.25) is 5.91 Å². The average Bonchev–Trinajstić information content (AvgIpc) is 2.19. The SMILES string of the molecule is C=CC(=O)NC(C)CC1CCOCC1. The average molecular weight is 197 g/mol. The first-order chi connectivity index (χ1) is 6.72.